The van der Waals surface area contributed by atoms with Gasteiger partial charge in [0.05, 0.1) is 22.8 Å². The molecule has 0 spiro atoms. The highest BCUT2D eigenvalue weighted by Crippen LogP contribution is 2.33. The monoisotopic (exact) mass is 298 g/mol. The highest BCUT2D eigenvalue weighted by Gasteiger charge is 2.22. The lowest BCUT2D eigenvalue weighted by Crippen LogP contribution is -2.20. The van der Waals surface area contributed by atoms with Crippen LogP contribution in [0.2, 0.25) is 0 Å². The Morgan fingerprint density at radius 3 is 3.05 bits per heavy atom. The second-order valence-corrected chi connectivity index (χ2v) is 6.23. The van der Waals surface area contributed by atoms with Gasteiger partial charge in [-0.2, -0.15) is 5.10 Å². The molecule has 1 unspecified atom stereocenters. The van der Waals surface area contributed by atoms with Crippen molar-refractivity contribution in [1.29, 1.82) is 0 Å². The molecule has 2 aliphatic rings. The fraction of sp³-hybridized carbons (Fsp3) is 0.529. The first-order chi connectivity index (χ1) is 10.8. The highest BCUT2D eigenvalue weighted by atomic mass is 16.5. The number of anilines is 1. The Morgan fingerprint density at radius 2 is 2.18 bits per heavy atom. The topological polar surface area (TPSA) is 52.0 Å². The molecule has 2 aromatic heterocycles. The maximum Gasteiger partial charge on any atom is 0.150 e. The molecular weight excluding hydrogens is 276 g/mol. The van der Waals surface area contributed by atoms with E-state index < -0.39 is 0 Å². The third kappa shape index (κ3) is 2.39. The lowest BCUT2D eigenvalue weighted by atomic mass is 9.97. The summed E-state index contributed by atoms with van der Waals surface area (Å²) in [7, 11) is 0. The Bertz CT molecular complexity index is 660. The zero-order valence-corrected chi connectivity index (χ0v) is 13.0. The van der Waals surface area contributed by atoms with Gasteiger partial charge >= 0.3 is 0 Å². The minimum atomic E-state index is 0.0483. The molecule has 0 aliphatic carbocycles. The first kappa shape index (κ1) is 13.8. The molecule has 4 heterocycles. The first-order valence-electron chi connectivity index (χ1n) is 8.23. The van der Waals surface area contributed by atoms with Crippen molar-refractivity contribution < 1.29 is 4.74 Å². The summed E-state index contributed by atoms with van der Waals surface area (Å²) in [6, 6.07) is 6.26. The number of hydrogen-bond donors (Lipinski definition) is 1. The number of nitrogens with one attached hydrogen (secondary N) is 1. The summed E-state index contributed by atoms with van der Waals surface area (Å²) >= 11 is 0. The number of ether oxygens (including phenoxy) is 1. The normalized spacial score (nSPS) is 24.6. The zero-order valence-electron chi connectivity index (χ0n) is 13.0. The summed E-state index contributed by atoms with van der Waals surface area (Å²) in [6.45, 7) is 4.10. The molecule has 0 aromatic carbocycles. The summed E-state index contributed by atoms with van der Waals surface area (Å²) in [5.74, 6) is 0.499. The number of hydrogen-bond acceptors (Lipinski definition) is 4. The average molecular weight is 298 g/mol. The van der Waals surface area contributed by atoms with Crippen molar-refractivity contribution in [3.8, 4) is 11.4 Å². The molecule has 5 nitrogen and oxygen atoms in total. The van der Waals surface area contributed by atoms with Gasteiger partial charge in [0.1, 0.15) is 0 Å². The van der Waals surface area contributed by atoms with Gasteiger partial charge in [-0.3, -0.25) is 0 Å². The van der Waals surface area contributed by atoms with E-state index in [9.17, 15) is 0 Å². The second kappa shape index (κ2) is 5.72. The molecule has 0 bridgehead atoms. The number of aromatic nitrogens is 3. The van der Waals surface area contributed by atoms with Crippen molar-refractivity contribution in [2.45, 2.75) is 44.8 Å². The molecule has 2 atom stereocenters. The van der Waals surface area contributed by atoms with Crippen LogP contribution in [0.1, 0.15) is 50.4 Å². The number of rotatable bonds is 2. The maximum absolute atomic E-state index is 5.88. The van der Waals surface area contributed by atoms with Crippen LogP contribution >= 0.6 is 0 Å². The minimum Gasteiger partial charge on any atom is -0.384 e. The molecule has 1 fully saturated rings. The molecule has 5 heteroatoms. The average Bonchev–Trinajstić information content (AvgIpc) is 3.05. The van der Waals surface area contributed by atoms with Gasteiger partial charge < -0.3 is 10.1 Å². The van der Waals surface area contributed by atoms with Crippen LogP contribution in [-0.4, -0.2) is 27.9 Å². The standard InChI is InChI=1S/C17H22N4O/c1-12-7-9-18-14-6-5-13(20-17(12)14)15-8-10-19-21(15)16-4-2-3-11-22-16/h5-6,8,10,12,16,18H,2-4,7,9,11H2,1H3/t12-,16?/m0/s1. The minimum absolute atomic E-state index is 0.0483. The van der Waals surface area contributed by atoms with Crippen molar-refractivity contribution in [2.24, 2.45) is 0 Å². The fourth-order valence-corrected chi connectivity index (χ4v) is 3.37. The zero-order chi connectivity index (χ0) is 14.9. The van der Waals surface area contributed by atoms with Crippen LogP contribution in [-0.2, 0) is 4.74 Å². The van der Waals surface area contributed by atoms with Crippen molar-refractivity contribution in [1.82, 2.24) is 14.8 Å². The van der Waals surface area contributed by atoms with E-state index >= 15 is 0 Å². The van der Waals surface area contributed by atoms with Gasteiger partial charge in [-0.1, -0.05) is 6.92 Å². The van der Waals surface area contributed by atoms with Crippen LogP contribution in [0.25, 0.3) is 11.4 Å². The summed E-state index contributed by atoms with van der Waals surface area (Å²) in [6.07, 6.45) is 6.39. The van der Waals surface area contributed by atoms with Gasteiger partial charge in [-0.25, -0.2) is 9.67 Å². The van der Waals surface area contributed by atoms with Gasteiger partial charge in [0, 0.05) is 25.3 Å². The van der Waals surface area contributed by atoms with Gasteiger partial charge in [0.15, 0.2) is 6.23 Å². The van der Waals surface area contributed by atoms with Crippen molar-refractivity contribution in [3.05, 3.63) is 30.1 Å². The van der Waals surface area contributed by atoms with Gasteiger partial charge in [-0.15, -0.1) is 0 Å². The lowest BCUT2D eigenvalue weighted by molar-refractivity contribution is -0.0384. The highest BCUT2D eigenvalue weighted by molar-refractivity contribution is 5.61. The molecule has 116 valence electrons. The third-order valence-corrected chi connectivity index (χ3v) is 4.65. The second-order valence-electron chi connectivity index (χ2n) is 6.23. The predicted octanol–water partition coefficient (Wildman–Crippen LogP) is 3.56. The Balaban J connectivity index is 1.70. The predicted molar refractivity (Wildman–Crippen MR) is 85.8 cm³/mol. The molecule has 4 rings (SSSR count). The fourth-order valence-electron chi connectivity index (χ4n) is 3.37. The molecule has 2 aliphatic heterocycles. The molecule has 1 N–H and O–H groups in total. The number of nitrogens with zero attached hydrogens (tertiary/aromatic N) is 3. The molecule has 1 saturated heterocycles. The van der Waals surface area contributed by atoms with Gasteiger partial charge in [0.2, 0.25) is 0 Å². The summed E-state index contributed by atoms with van der Waals surface area (Å²) < 4.78 is 7.87. The largest absolute Gasteiger partial charge is 0.384 e. The Labute approximate surface area is 130 Å². The van der Waals surface area contributed by atoms with Crippen molar-refractivity contribution >= 4 is 5.69 Å². The van der Waals surface area contributed by atoms with Crippen LogP contribution < -0.4 is 5.32 Å². The smallest absolute Gasteiger partial charge is 0.150 e. The summed E-state index contributed by atoms with van der Waals surface area (Å²) in [5.41, 5.74) is 4.37. The Kier molecular flexibility index (Phi) is 3.58. The van der Waals surface area contributed by atoms with Crippen LogP contribution in [0, 0.1) is 0 Å². The Hall–Kier alpha value is -1.88. The van der Waals surface area contributed by atoms with E-state index in [4.69, 9.17) is 9.72 Å². The van der Waals surface area contributed by atoms with Crippen molar-refractivity contribution in [3.63, 3.8) is 0 Å². The van der Waals surface area contributed by atoms with Crippen LogP contribution in [0.5, 0.6) is 0 Å². The van der Waals surface area contributed by atoms with E-state index in [2.05, 4.69) is 29.5 Å². The molecule has 0 amide bonds. The molecule has 0 radical (unpaired) electrons. The Morgan fingerprint density at radius 1 is 1.23 bits per heavy atom. The molecule has 0 saturated carbocycles. The lowest BCUT2D eigenvalue weighted by Gasteiger charge is -2.25. The summed E-state index contributed by atoms with van der Waals surface area (Å²) in [4.78, 5) is 4.91. The molecular formula is C17H22N4O. The molecule has 2 aromatic rings. The van der Waals surface area contributed by atoms with Gasteiger partial charge in [-0.05, 0) is 43.9 Å². The van der Waals surface area contributed by atoms with Crippen LogP contribution in [0.3, 0.4) is 0 Å². The summed E-state index contributed by atoms with van der Waals surface area (Å²) in [5, 5.41) is 7.92. The number of fused-ring (bicyclic) bond motifs is 1. The van der Waals surface area contributed by atoms with E-state index in [1.54, 1.807) is 0 Å². The van der Waals surface area contributed by atoms with Gasteiger partial charge in [0.25, 0.3) is 0 Å². The van der Waals surface area contributed by atoms with Crippen molar-refractivity contribution in [2.75, 3.05) is 18.5 Å². The van der Waals surface area contributed by atoms with E-state index in [1.807, 2.05) is 16.9 Å². The SMILES string of the molecule is C[C@H]1CCNc2ccc(-c3ccnn3C3CCCCO3)nc21. The number of pyridine rings is 1. The quantitative estimate of drug-likeness (QED) is 0.921. The van der Waals surface area contributed by atoms with Crippen LogP contribution in [0.4, 0.5) is 5.69 Å². The van der Waals surface area contributed by atoms with E-state index in [0.29, 0.717) is 5.92 Å². The van der Waals surface area contributed by atoms with E-state index in [0.717, 1.165) is 43.8 Å². The van der Waals surface area contributed by atoms with Crippen LogP contribution in [0.15, 0.2) is 24.4 Å². The first-order valence-corrected chi connectivity index (χ1v) is 8.23. The van der Waals surface area contributed by atoms with E-state index in [-0.39, 0.29) is 6.23 Å². The van der Waals surface area contributed by atoms with E-state index in [1.165, 1.54) is 17.8 Å². The maximum atomic E-state index is 5.88. The third-order valence-electron chi connectivity index (χ3n) is 4.65. The molecule has 22 heavy (non-hydrogen) atoms.